The summed E-state index contributed by atoms with van der Waals surface area (Å²) < 4.78 is 2.43. The number of amides is 1. The predicted molar refractivity (Wildman–Crippen MR) is 110 cm³/mol. The van der Waals surface area contributed by atoms with Crippen LogP contribution in [0, 0.1) is 6.92 Å². The van der Waals surface area contributed by atoms with Gasteiger partial charge in [-0.3, -0.25) is 9.59 Å². The number of rotatable bonds is 5. The normalized spacial score (nSPS) is 10.9. The molecule has 0 saturated carbocycles. The number of aryl methyl sites for hydroxylation is 1. The summed E-state index contributed by atoms with van der Waals surface area (Å²) in [6.45, 7) is 2.41. The van der Waals surface area contributed by atoms with Gasteiger partial charge in [0.25, 0.3) is 11.5 Å². The van der Waals surface area contributed by atoms with Crippen molar-refractivity contribution in [1.82, 2.24) is 9.99 Å². The monoisotopic (exact) mass is 423 g/mol. The molecule has 0 aliphatic heterocycles. The zero-order valence-corrected chi connectivity index (χ0v) is 16.3. The van der Waals surface area contributed by atoms with Crippen molar-refractivity contribution in [2.45, 2.75) is 13.5 Å². The Morgan fingerprint density at radius 1 is 1.15 bits per heavy atom. The van der Waals surface area contributed by atoms with Crippen LogP contribution in [0.2, 0.25) is 0 Å². The van der Waals surface area contributed by atoms with E-state index in [2.05, 4.69) is 26.5 Å². The number of pyridine rings is 1. The van der Waals surface area contributed by atoms with E-state index in [0.717, 1.165) is 21.2 Å². The Balaban J connectivity index is 1.74. The van der Waals surface area contributed by atoms with Crippen molar-refractivity contribution in [1.29, 1.82) is 0 Å². The van der Waals surface area contributed by atoms with Crippen molar-refractivity contribution >= 4 is 28.1 Å². The van der Waals surface area contributed by atoms with Crippen LogP contribution in [0.1, 0.15) is 27.0 Å². The molecule has 6 heteroatoms. The smallest absolute Gasteiger partial charge is 0.276 e. The first-order chi connectivity index (χ1) is 13.0. The summed E-state index contributed by atoms with van der Waals surface area (Å²) >= 11 is 3.38. The van der Waals surface area contributed by atoms with Crippen molar-refractivity contribution in [3.05, 3.63) is 104 Å². The van der Waals surface area contributed by atoms with E-state index >= 15 is 0 Å². The molecule has 3 rings (SSSR count). The van der Waals surface area contributed by atoms with Crippen LogP contribution in [-0.4, -0.2) is 16.7 Å². The molecule has 27 heavy (non-hydrogen) atoms. The van der Waals surface area contributed by atoms with E-state index in [4.69, 9.17) is 0 Å². The van der Waals surface area contributed by atoms with Crippen LogP contribution in [0.25, 0.3) is 0 Å². The van der Waals surface area contributed by atoms with E-state index in [1.165, 1.54) is 16.8 Å². The molecule has 1 heterocycles. The standard InChI is InChI=1S/C21H18BrN3O2/c1-15-5-2-7-17(11-15)14-25-10-4-9-19(21(25)27)20(26)24-23-13-16-6-3-8-18(22)12-16/h2-13H,14H2,1H3,(H,24,26)/b23-13-. The van der Waals surface area contributed by atoms with Crippen LogP contribution in [0.4, 0.5) is 0 Å². The van der Waals surface area contributed by atoms with Crippen LogP contribution in [0.3, 0.4) is 0 Å². The van der Waals surface area contributed by atoms with Gasteiger partial charge < -0.3 is 4.57 Å². The third-order valence-corrected chi connectivity index (χ3v) is 4.42. The highest BCUT2D eigenvalue weighted by atomic mass is 79.9. The van der Waals surface area contributed by atoms with Gasteiger partial charge in [0.15, 0.2) is 0 Å². The Hall–Kier alpha value is -2.99. The number of hydrogen-bond acceptors (Lipinski definition) is 3. The maximum absolute atomic E-state index is 12.6. The first-order valence-electron chi connectivity index (χ1n) is 8.37. The fraction of sp³-hybridized carbons (Fsp3) is 0.0952. The number of hydrogen-bond donors (Lipinski definition) is 1. The van der Waals surface area contributed by atoms with E-state index in [1.54, 1.807) is 12.3 Å². The Bertz CT molecular complexity index is 1060. The lowest BCUT2D eigenvalue weighted by atomic mass is 10.1. The Morgan fingerprint density at radius 3 is 2.74 bits per heavy atom. The zero-order valence-electron chi connectivity index (χ0n) is 14.7. The van der Waals surface area contributed by atoms with Gasteiger partial charge in [-0.1, -0.05) is 57.9 Å². The predicted octanol–water partition coefficient (Wildman–Crippen LogP) is 3.73. The van der Waals surface area contributed by atoms with E-state index < -0.39 is 5.91 Å². The third kappa shape index (κ3) is 5.01. The molecule has 0 bridgehead atoms. The average Bonchev–Trinajstić information content (AvgIpc) is 2.63. The second kappa shape index (κ2) is 8.60. The van der Waals surface area contributed by atoms with Crippen molar-refractivity contribution in [2.75, 3.05) is 0 Å². The van der Waals surface area contributed by atoms with E-state index in [0.29, 0.717) is 6.54 Å². The number of nitrogens with zero attached hydrogens (tertiary/aromatic N) is 2. The lowest BCUT2D eigenvalue weighted by molar-refractivity contribution is 0.0953. The number of carbonyl (C=O) groups excluding carboxylic acids is 1. The highest BCUT2D eigenvalue weighted by Gasteiger charge is 2.11. The number of aromatic nitrogens is 1. The van der Waals surface area contributed by atoms with Gasteiger partial charge >= 0.3 is 0 Å². The molecule has 136 valence electrons. The summed E-state index contributed by atoms with van der Waals surface area (Å²) in [5.74, 6) is -0.537. The SMILES string of the molecule is Cc1cccc(Cn2cccc(C(=O)N/N=C\c3cccc(Br)c3)c2=O)c1. The highest BCUT2D eigenvalue weighted by Crippen LogP contribution is 2.10. The van der Waals surface area contributed by atoms with E-state index in [1.807, 2.05) is 55.5 Å². The van der Waals surface area contributed by atoms with Crippen molar-refractivity contribution < 1.29 is 4.79 Å². The molecule has 0 spiro atoms. The Kier molecular flexibility index (Phi) is 5.98. The third-order valence-electron chi connectivity index (χ3n) is 3.93. The van der Waals surface area contributed by atoms with Gasteiger partial charge in [-0.25, -0.2) is 5.43 Å². The van der Waals surface area contributed by atoms with E-state index in [9.17, 15) is 9.59 Å². The molecule has 5 nitrogen and oxygen atoms in total. The van der Waals surface area contributed by atoms with Gasteiger partial charge in [0, 0.05) is 10.7 Å². The minimum atomic E-state index is -0.537. The van der Waals surface area contributed by atoms with Crippen LogP contribution in [0.15, 0.2) is 81.2 Å². The summed E-state index contributed by atoms with van der Waals surface area (Å²) in [6, 6.07) is 18.6. The van der Waals surface area contributed by atoms with Gasteiger partial charge in [-0.05, 0) is 42.3 Å². The van der Waals surface area contributed by atoms with Gasteiger partial charge in [0.1, 0.15) is 5.56 Å². The minimum absolute atomic E-state index is 0.0524. The molecular weight excluding hydrogens is 406 g/mol. The minimum Gasteiger partial charge on any atom is -0.310 e. The molecule has 0 radical (unpaired) electrons. The first kappa shape index (κ1) is 18.8. The van der Waals surface area contributed by atoms with Crippen LogP contribution in [0.5, 0.6) is 0 Å². The highest BCUT2D eigenvalue weighted by molar-refractivity contribution is 9.10. The maximum atomic E-state index is 12.6. The van der Waals surface area contributed by atoms with Crippen molar-refractivity contribution in [3.8, 4) is 0 Å². The lowest BCUT2D eigenvalue weighted by Gasteiger charge is -2.08. The molecule has 0 unspecified atom stereocenters. The average molecular weight is 424 g/mol. The van der Waals surface area contributed by atoms with Crippen LogP contribution in [-0.2, 0) is 6.54 Å². The molecule has 0 fully saturated rings. The Morgan fingerprint density at radius 2 is 1.96 bits per heavy atom. The first-order valence-corrected chi connectivity index (χ1v) is 9.16. The number of halogens is 1. The summed E-state index contributed by atoms with van der Waals surface area (Å²) in [7, 11) is 0. The molecule has 1 N–H and O–H groups in total. The summed E-state index contributed by atoms with van der Waals surface area (Å²) in [6.07, 6.45) is 3.20. The largest absolute Gasteiger partial charge is 0.310 e. The molecule has 1 aromatic heterocycles. The van der Waals surface area contributed by atoms with Gasteiger partial charge in [-0.15, -0.1) is 0 Å². The molecule has 1 amide bonds. The van der Waals surface area contributed by atoms with Crippen LogP contribution >= 0.6 is 15.9 Å². The number of carbonyl (C=O) groups is 1. The number of benzene rings is 2. The molecule has 0 atom stereocenters. The molecule has 2 aromatic carbocycles. The Labute approximate surface area is 165 Å². The molecule has 0 aliphatic rings. The summed E-state index contributed by atoms with van der Waals surface area (Å²) in [5, 5.41) is 3.93. The van der Waals surface area contributed by atoms with Gasteiger partial charge in [0.2, 0.25) is 0 Å². The van der Waals surface area contributed by atoms with Crippen molar-refractivity contribution in [2.24, 2.45) is 5.10 Å². The topological polar surface area (TPSA) is 63.5 Å². The number of nitrogens with one attached hydrogen (secondary N) is 1. The summed E-state index contributed by atoms with van der Waals surface area (Å²) in [4.78, 5) is 25.0. The molecule has 3 aromatic rings. The maximum Gasteiger partial charge on any atom is 0.276 e. The summed E-state index contributed by atoms with van der Waals surface area (Å²) in [5.41, 5.74) is 5.06. The quantitative estimate of drug-likeness (QED) is 0.501. The van der Waals surface area contributed by atoms with Gasteiger partial charge in [-0.2, -0.15) is 5.10 Å². The van der Waals surface area contributed by atoms with Crippen molar-refractivity contribution in [3.63, 3.8) is 0 Å². The second-order valence-corrected chi connectivity index (χ2v) is 7.01. The molecule has 0 aliphatic carbocycles. The van der Waals surface area contributed by atoms with Crippen LogP contribution < -0.4 is 11.0 Å². The zero-order chi connectivity index (χ0) is 19.2. The fourth-order valence-corrected chi connectivity index (χ4v) is 3.07. The second-order valence-electron chi connectivity index (χ2n) is 6.10. The molecular formula is C21H18BrN3O2. The molecule has 0 saturated heterocycles. The fourth-order valence-electron chi connectivity index (χ4n) is 2.65. The van der Waals surface area contributed by atoms with Gasteiger partial charge in [0.05, 0.1) is 12.8 Å². The lowest BCUT2D eigenvalue weighted by Crippen LogP contribution is -2.30. The number of hydrazone groups is 1. The van der Waals surface area contributed by atoms with E-state index in [-0.39, 0.29) is 11.1 Å².